The molecule has 0 amide bonds. The van der Waals surface area contributed by atoms with E-state index in [9.17, 15) is 0 Å². The lowest BCUT2D eigenvalue weighted by molar-refractivity contribution is 0.0950. The fourth-order valence-corrected chi connectivity index (χ4v) is 4.40. The summed E-state index contributed by atoms with van der Waals surface area (Å²) in [5.74, 6) is 0. The molecule has 2 aliphatic heterocycles. The molecule has 4 heterocycles. The Kier molecular flexibility index (Phi) is 3.63. The van der Waals surface area contributed by atoms with E-state index in [1.165, 1.54) is 30.4 Å². The van der Waals surface area contributed by atoms with Crippen molar-refractivity contribution in [2.75, 3.05) is 0 Å². The first-order valence-electron chi connectivity index (χ1n) is 9.18. The number of rotatable bonds is 3. The molecular formula is C21H22N4. The number of imidazole rings is 1. The van der Waals surface area contributed by atoms with Crippen molar-refractivity contribution in [1.82, 2.24) is 19.5 Å². The van der Waals surface area contributed by atoms with E-state index in [0.717, 1.165) is 24.3 Å². The first kappa shape index (κ1) is 14.8. The van der Waals surface area contributed by atoms with Crippen molar-refractivity contribution in [2.45, 2.75) is 44.3 Å². The molecule has 2 unspecified atom stereocenters. The highest BCUT2D eigenvalue weighted by atomic mass is 15.3. The van der Waals surface area contributed by atoms with E-state index in [2.05, 4.69) is 51.4 Å². The Balaban J connectivity index is 1.48. The first-order valence-corrected chi connectivity index (χ1v) is 9.18. The molecule has 1 fully saturated rings. The highest BCUT2D eigenvalue weighted by Crippen LogP contribution is 2.37. The van der Waals surface area contributed by atoms with Gasteiger partial charge in [0.25, 0.3) is 0 Å². The third-order valence-corrected chi connectivity index (χ3v) is 5.60. The molecule has 25 heavy (non-hydrogen) atoms. The molecule has 5 rings (SSSR count). The van der Waals surface area contributed by atoms with Gasteiger partial charge in [-0.3, -0.25) is 4.90 Å². The van der Waals surface area contributed by atoms with Gasteiger partial charge in [0.15, 0.2) is 5.65 Å². The van der Waals surface area contributed by atoms with Gasteiger partial charge in [0.2, 0.25) is 0 Å². The minimum Gasteiger partial charge on any atom is -0.289 e. The number of benzene rings is 1. The van der Waals surface area contributed by atoms with E-state index in [-0.39, 0.29) is 0 Å². The third-order valence-electron chi connectivity index (χ3n) is 5.60. The molecular weight excluding hydrogens is 308 g/mol. The van der Waals surface area contributed by atoms with Crippen LogP contribution in [0.3, 0.4) is 0 Å². The zero-order valence-electron chi connectivity index (χ0n) is 14.3. The lowest BCUT2D eigenvalue weighted by atomic mass is 9.84. The molecule has 2 aromatic heterocycles. The Labute approximate surface area is 147 Å². The summed E-state index contributed by atoms with van der Waals surface area (Å²) in [7, 11) is 0. The maximum Gasteiger partial charge on any atom is 0.154 e. The zero-order chi connectivity index (χ0) is 16.6. The molecule has 126 valence electrons. The quantitative estimate of drug-likeness (QED) is 0.729. The van der Waals surface area contributed by atoms with Gasteiger partial charge in [-0.15, -0.1) is 0 Å². The molecule has 1 aromatic carbocycles. The number of hydrogen-bond acceptors (Lipinski definition) is 3. The summed E-state index contributed by atoms with van der Waals surface area (Å²) in [6.45, 7) is 1.05. The molecule has 0 N–H and O–H groups in total. The number of fused-ring (bicyclic) bond motifs is 3. The summed E-state index contributed by atoms with van der Waals surface area (Å²) in [6.07, 6.45) is 11.2. The molecule has 0 saturated carbocycles. The van der Waals surface area contributed by atoms with Crippen molar-refractivity contribution < 1.29 is 0 Å². The second-order valence-corrected chi connectivity index (χ2v) is 7.14. The number of piperidine rings is 1. The summed E-state index contributed by atoms with van der Waals surface area (Å²) < 4.78 is 1.98. The van der Waals surface area contributed by atoms with Crippen LogP contribution in [0.15, 0.2) is 60.9 Å². The molecule has 1 saturated heterocycles. The zero-order valence-corrected chi connectivity index (χ0v) is 14.3. The number of nitrogens with zero attached hydrogens (tertiary/aromatic N) is 4. The van der Waals surface area contributed by atoms with Crippen LogP contribution >= 0.6 is 0 Å². The highest BCUT2D eigenvalue weighted by Gasteiger charge is 2.34. The van der Waals surface area contributed by atoms with Gasteiger partial charge in [-0.2, -0.15) is 5.10 Å². The van der Waals surface area contributed by atoms with E-state index in [0.29, 0.717) is 12.1 Å². The fraction of sp³-hybridized carbons (Fsp3) is 0.333. The maximum absolute atomic E-state index is 4.52. The van der Waals surface area contributed by atoms with Gasteiger partial charge in [-0.25, -0.2) is 9.50 Å². The van der Waals surface area contributed by atoms with Gasteiger partial charge in [-0.05, 0) is 42.5 Å². The number of aromatic nitrogens is 3. The Morgan fingerprint density at radius 3 is 2.84 bits per heavy atom. The van der Waals surface area contributed by atoms with E-state index in [1.54, 1.807) is 0 Å². The summed E-state index contributed by atoms with van der Waals surface area (Å²) in [5.41, 5.74) is 4.90. The van der Waals surface area contributed by atoms with Crippen molar-refractivity contribution in [3.05, 3.63) is 72.2 Å². The lowest BCUT2D eigenvalue weighted by Gasteiger charge is -2.45. The molecule has 0 aliphatic carbocycles. The predicted molar refractivity (Wildman–Crippen MR) is 99.0 cm³/mol. The van der Waals surface area contributed by atoms with Crippen LogP contribution in [0.5, 0.6) is 0 Å². The van der Waals surface area contributed by atoms with Gasteiger partial charge in [-0.1, -0.05) is 42.8 Å². The van der Waals surface area contributed by atoms with Gasteiger partial charge < -0.3 is 0 Å². The van der Waals surface area contributed by atoms with E-state index in [1.807, 2.05) is 29.0 Å². The number of hydrogen-bond donors (Lipinski definition) is 0. The normalized spacial score (nSPS) is 23.6. The van der Waals surface area contributed by atoms with Crippen LogP contribution in [-0.4, -0.2) is 31.6 Å². The van der Waals surface area contributed by atoms with Crippen LogP contribution < -0.4 is 0 Å². The van der Waals surface area contributed by atoms with Gasteiger partial charge in [0, 0.05) is 24.8 Å². The minimum absolute atomic E-state index is 0.525. The summed E-state index contributed by atoms with van der Waals surface area (Å²) in [6, 6.07) is 16.0. The Bertz CT molecular complexity index is 912. The van der Waals surface area contributed by atoms with Crippen LogP contribution in [-0.2, 0) is 6.54 Å². The molecule has 2 bridgehead atoms. The average Bonchev–Trinajstić information content (AvgIpc) is 3.06. The molecule has 0 spiro atoms. The van der Waals surface area contributed by atoms with E-state index < -0.39 is 0 Å². The van der Waals surface area contributed by atoms with E-state index in [4.69, 9.17) is 0 Å². The molecule has 0 radical (unpaired) electrons. The maximum atomic E-state index is 4.52. The standard InChI is InChI=1S/C21H22N4/c1-2-6-16(7-3-1)15-24-18-8-4-9-19(24)13-17(12-18)20-14-22-21-10-5-11-23-25(20)21/h1-3,5-7,10-12,14,18-19H,4,8-9,13,15H2. The minimum atomic E-state index is 0.525. The smallest absolute Gasteiger partial charge is 0.154 e. The van der Waals surface area contributed by atoms with Gasteiger partial charge >= 0.3 is 0 Å². The summed E-state index contributed by atoms with van der Waals surface area (Å²) in [4.78, 5) is 7.21. The first-order chi connectivity index (χ1) is 12.4. The average molecular weight is 330 g/mol. The van der Waals surface area contributed by atoms with Crippen molar-refractivity contribution >= 4 is 11.2 Å². The second-order valence-electron chi connectivity index (χ2n) is 7.14. The molecule has 2 atom stereocenters. The van der Waals surface area contributed by atoms with Crippen LogP contribution in [0.2, 0.25) is 0 Å². The van der Waals surface area contributed by atoms with Crippen molar-refractivity contribution in [1.29, 1.82) is 0 Å². The van der Waals surface area contributed by atoms with Gasteiger partial charge in [0.1, 0.15) is 0 Å². The summed E-state index contributed by atoms with van der Waals surface area (Å²) in [5, 5.41) is 4.50. The van der Waals surface area contributed by atoms with Crippen LogP contribution in [0.1, 0.15) is 36.9 Å². The summed E-state index contributed by atoms with van der Waals surface area (Å²) >= 11 is 0. The highest BCUT2D eigenvalue weighted by molar-refractivity contribution is 5.67. The third kappa shape index (κ3) is 2.67. The molecule has 3 aromatic rings. The fourth-order valence-electron chi connectivity index (χ4n) is 4.40. The molecule has 4 nitrogen and oxygen atoms in total. The largest absolute Gasteiger partial charge is 0.289 e. The SMILES string of the molecule is C1=C(c2cnc3cccnn23)CC2CCCC1N2Cc1ccccc1. The predicted octanol–water partition coefficient (Wildman–Crippen LogP) is 3.94. The van der Waals surface area contributed by atoms with E-state index >= 15 is 0 Å². The molecule has 4 heteroatoms. The van der Waals surface area contributed by atoms with Crippen LogP contribution in [0, 0.1) is 0 Å². The monoisotopic (exact) mass is 330 g/mol. The second kappa shape index (κ2) is 6.12. The lowest BCUT2D eigenvalue weighted by Crippen LogP contribution is -2.47. The topological polar surface area (TPSA) is 33.4 Å². The molecule has 2 aliphatic rings. The van der Waals surface area contributed by atoms with Crippen molar-refractivity contribution in [2.24, 2.45) is 0 Å². The Morgan fingerprint density at radius 1 is 1.04 bits per heavy atom. The van der Waals surface area contributed by atoms with Crippen molar-refractivity contribution in [3.63, 3.8) is 0 Å². The van der Waals surface area contributed by atoms with Crippen molar-refractivity contribution in [3.8, 4) is 0 Å². The Hall–Kier alpha value is -2.46. The van der Waals surface area contributed by atoms with Crippen LogP contribution in [0.25, 0.3) is 11.2 Å². The Morgan fingerprint density at radius 2 is 1.96 bits per heavy atom. The van der Waals surface area contributed by atoms with Gasteiger partial charge in [0.05, 0.1) is 11.9 Å². The van der Waals surface area contributed by atoms with Crippen LogP contribution in [0.4, 0.5) is 0 Å².